The van der Waals surface area contributed by atoms with Crippen LogP contribution in [0.1, 0.15) is 11.4 Å². The van der Waals surface area contributed by atoms with Crippen molar-refractivity contribution in [2.45, 2.75) is 6.42 Å². The van der Waals surface area contributed by atoms with E-state index in [1.807, 2.05) is 18.2 Å². The third-order valence-corrected chi connectivity index (χ3v) is 2.05. The Balaban J connectivity index is 2.20. The van der Waals surface area contributed by atoms with Crippen LogP contribution in [0.3, 0.4) is 0 Å². The molecule has 0 spiro atoms. The molecule has 0 fully saturated rings. The topological polar surface area (TPSA) is 89.7 Å². The van der Waals surface area contributed by atoms with E-state index in [1.165, 1.54) is 0 Å². The molecule has 0 saturated heterocycles. The van der Waals surface area contributed by atoms with Gasteiger partial charge < -0.3 is 10.5 Å². The number of nitrogens with one attached hydrogen (secondary N) is 1. The molecular weight excluding hydrogens is 194 g/mol. The molecule has 78 valence electrons. The van der Waals surface area contributed by atoms with E-state index in [9.17, 15) is 0 Å². The van der Waals surface area contributed by atoms with Crippen LogP contribution in [0.25, 0.3) is 0 Å². The van der Waals surface area contributed by atoms with Crippen molar-refractivity contribution in [1.29, 1.82) is 0 Å². The highest BCUT2D eigenvalue weighted by Crippen LogP contribution is 2.22. The molecule has 1 heterocycles. The lowest BCUT2D eigenvalue weighted by Crippen LogP contribution is -1.96. The maximum atomic E-state index is 5.77. The molecule has 0 aliphatic rings. The van der Waals surface area contributed by atoms with Gasteiger partial charge in [-0.2, -0.15) is 5.21 Å². The fourth-order valence-electron chi connectivity index (χ4n) is 1.33. The molecule has 0 amide bonds. The first-order valence-corrected chi connectivity index (χ1v) is 4.44. The van der Waals surface area contributed by atoms with Gasteiger partial charge in [0.1, 0.15) is 5.75 Å². The minimum Gasteiger partial charge on any atom is -0.495 e. The fourth-order valence-corrected chi connectivity index (χ4v) is 1.33. The summed E-state index contributed by atoms with van der Waals surface area (Å²) in [5, 5.41) is 13.6. The highest BCUT2D eigenvalue weighted by atomic mass is 16.5. The van der Waals surface area contributed by atoms with Crippen molar-refractivity contribution in [2.24, 2.45) is 0 Å². The Hall–Kier alpha value is -2.11. The summed E-state index contributed by atoms with van der Waals surface area (Å²) in [5.41, 5.74) is 7.40. The van der Waals surface area contributed by atoms with E-state index in [2.05, 4.69) is 20.6 Å². The second-order valence-corrected chi connectivity index (χ2v) is 3.08. The van der Waals surface area contributed by atoms with Crippen LogP contribution in [0.2, 0.25) is 0 Å². The SMILES string of the molecule is COc1ccc(Cc2nn[nH]n2)cc1N. The first-order valence-electron chi connectivity index (χ1n) is 4.44. The normalized spacial score (nSPS) is 10.2. The molecule has 6 heteroatoms. The molecule has 0 saturated carbocycles. The van der Waals surface area contributed by atoms with Gasteiger partial charge in [-0.3, -0.25) is 0 Å². The number of hydrogen-bond donors (Lipinski definition) is 2. The summed E-state index contributed by atoms with van der Waals surface area (Å²) in [4.78, 5) is 0. The van der Waals surface area contributed by atoms with E-state index >= 15 is 0 Å². The number of hydrogen-bond acceptors (Lipinski definition) is 5. The number of nitrogens with two attached hydrogens (primary N) is 1. The van der Waals surface area contributed by atoms with E-state index < -0.39 is 0 Å². The van der Waals surface area contributed by atoms with Crippen LogP contribution < -0.4 is 10.5 Å². The lowest BCUT2D eigenvalue weighted by molar-refractivity contribution is 0.417. The van der Waals surface area contributed by atoms with Crippen molar-refractivity contribution in [1.82, 2.24) is 20.6 Å². The Morgan fingerprint density at radius 3 is 2.93 bits per heavy atom. The molecule has 0 radical (unpaired) electrons. The van der Waals surface area contributed by atoms with E-state index in [-0.39, 0.29) is 0 Å². The second kappa shape index (κ2) is 3.95. The number of tetrazole rings is 1. The van der Waals surface area contributed by atoms with Gasteiger partial charge in [0.15, 0.2) is 5.82 Å². The van der Waals surface area contributed by atoms with Crippen molar-refractivity contribution in [3.8, 4) is 5.75 Å². The van der Waals surface area contributed by atoms with Gasteiger partial charge in [0, 0.05) is 6.42 Å². The smallest absolute Gasteiger partial charge is 0.178 e. The van der Waals surface area contributed by atoms with Gasteiger partial charge >= 0.3 is 0 Å². The Morgan fingerprint density at radius 2 is 2.33 bits per heavy atom. The first-order chi connectivity index (χ1) is 7.29. The molecule has 2 aromatic rings. The molecule has 0 aliphatic heterocycles. The van der Waals surface area contributed by atoms with E-state index in [0.717, 1.165) is 5.56 Å². The number of aromatic nitrogens is 4. The zero-order valence-corrected chi connectivity index (χ0v) is 8.27. The van der Waals surface area contributed by atoms with Crippen LogP contribution in [0.5, 0.6) is 5.75 Å². The average Bonchev–Trinajstić information content (AvgIpc) is 2.71. The van der Waals surface area contributed by atoms with Crippen molar-refractivity contribution in [2.75, 3.05) is 12.8 Å². The predicted octanol–water partition coefficient (Wildman–Crippen LogP) is 0.381. The average molecular weight is 205 g/mol. The molecular formula is C9H11N5O. The molecule has 0 bridgehead atoms. The molecule has 0 unspecified atom stereocenters. The van der Waals surface area contributed by atoms with Crippen LogP contribution in [0.15, 0.2) is 18.2 Å². The van der Waals surface area contributed by atoms with E-state index in [4.69, 9.17) is 10.5 Å². The molecule has 0 atom stereocenters. The van der Waals surface area contributed by atoms with Crippen molar-refractivity contribution < 1.29 is 4.74 Å². The van der Waals surface area contributed by atoms with Gasteiger partial charge in [0.2, 0.25) is 0 Å². The minimum absolute atomic E-state index is 0.602. The van der Waals surface area contributed by atoms with Crippen LogP contribution in [0.4, 0.5) is 5.69 Å². The molecule has 3 N–H and O–H groups in total. The third kappa shape index (κ3) is 2.04. The number of methoxy groups -OCH3 is 1. The summed E-state index contributed by atoms with van der Waals surface area (Å²) in [5.74, 6) is 1.31. The lowest BCUT2D eigenvalue weighted by Gasteiger charge is -2.05. The quantitative estimate of drug-likeness (QED) is 0.707. The monoisotopic (exact) mass is 205 g/mol. The number of nitrogens with zero attached hydrogens (tertiary/aromatic N) is 3. The van der Waals surface area contributed by atoms with Crippen LogP contribution >= 0.6 is 0 Å². The van der Waals surface area contributed by atoms with Gasteiger partial charge in [0.25, 0.3) is 0 Å². The highest BCUT2D eigenvalue weighted by molar-refractivity contribution is 5.54. The zero-order valence-electron chi connectivity index (χ0n) is 8.27. The highest BCUT2D eigenvalue weighted by Gasteiger charge is 2.04. The number of rotatable bonds is 3. The maximum Gasteiger partial charge on any atom is 0.178 e. The Morgan fingerprint density at radius 1 is 1.47 bits per heavy atom. The Bertz CT molecular complexity index is 440. The van der Waals surface area contributed by atoms with Gasteiger partial charge in [-0.15, -0.1) is 10.2 Å². The maximum absolute atomic E-state index is 5.77. The fraction of sp³-hybridized carbons (Fsp3) is 0.222. The number of H-pyrrole nitrogens is 1. The third-order valence-electron chi connectivity index (χ3n) is 2.05. The summed E-state index contributed by atoms with van der Waals surface area (Å²) in [6, 6.07) is 5.59. The number of anilines is 1. The van der Waals surface area contributed by atoms with Gasteiger partial charge in [-0.25, -0.2) is 0 Å². The predicted molar refractivity (Wildman–Crippen MR) is 54.4 cm³/mol. The van der Waals surface area contributed by atoms with Gasteiger partial charge in [-0.05, 0) is 17.7 Å². The van der Waals surface area contributed by atoms with Crippen molar-refractivity contribution in [3.63, 3.8) is 0 Å². The summed E-state index contributed by atoms with van der Waals surface area (Å²) >= 11 is 0. The van der Waals surface area contributed by atoms with Crippen LogP contribution in [-0.4, -0.2) is 27.7 Å². The molecule has 2 rings (SSSR count). The second-order valence-electron chi connectivity index (χ2n) is 3.08. The molecule has 0 aliphatic carbocycles. The molecule has 1 aromatic carbocycles. The molecule has 1 aromatic heterocycles. The standard InChI is InChI=1S/C9H11N5O/c1-15-8-3-2-6(4-7(8)10)5-9-11-13-14-12-9/h2-4H,5,10H2,1H3,(H,11,12,13,14). The lowest BCUT2D eigenvalue weighted by atomic mass is 10.1. The molecule has 15 heavy (non-hydrogen) atoms. The van der Waals surface area contributed by atoms with Gasteiger partial charge in [0.05, 0.1) is 12.8 Å². The zero-order chi connectivity index (χ0) is 10.7. The van der Waals surface area contributed by atoms with E-state index in [0.29, 0.717) is 23.7 Å². The number of nitrogen functional groups attached to an aromatic ring is 1. The van der Waals surface area contributed by atoms with Crippen LogP contribution in [0, 0.1) is 0 Å². The van der Waals surface area contributed by atoms with Crippen LogP contribution in [-0.2, 0) is 6.42 Å². The summed E-state index contributed by atoms with van der Waals surface area (Å²) in [6.07, 6.45) is 0.602. The van der Waals surface area contributed by atoms with Crippen molar-refractivity contribution >= 4 is 5.69 Å². The number of ether oxygens (including phenoxy) is 1. The van der Waals surface area contributed by atoms with E-state index in [1.54, 1.807) is 7.11 Å². The summed E-state index contributed by atoms with van der Waals surface area (Å²) in [7, 11) is 1.59. The molecule has 6 nitrogen and oxygen atoms in total. The summed E-state index contributed by atoms with van der Waals surface area (Å²) in [6.45, 7) is 0. The largest absolute Gasteiger partial charge is 0.495 e. The van der Waals surface area contributed by atoms with Crippen molar-refractivity contribution in [3.05, 3.63) is 29.6 Å². The van der Waals surface area contributed by atoms with Gasteiger partial charge in [-0.1, -0.05) is 11.3 Å². The summed E-state index contributed by atoms with van der Waals surface area (Å²) < 4.78 is 5.06. The minimum atomic E-state index is 0.602. The Kier molecular flexibility index (Phi) is 2.49. The number of aromatic amines is 1. The Labute approximate surface area is 86.4 Å². The number of benzene rings is 1. The first kappa shape index (κ1) is 9.45.